The number of hydrogen-bond donors (Lipinski definition) is 1. The number of carbonyl (C=O) groups excluding carboxylic acids is 1. The average Bonchev–Trinajstić information content (AvgIpc) is 3.07. The summed E-state index contributed by atoms with van der Waals surface area (Å²) >= 11 is 0. The van der Waals surface area contributed by atoms with Crippen LogP contribution in [0.25, 0.3) is 0 Å². The molecule has 0 bridgehead atoms. The van der Waals surface area contributed by atoms with Gasteiger partial charge >= 0.3 is 0 Å². The molecule has 1 saturated carbocycles. The summed E-state index contributed by atoms with van der Waals surface area (Å²) < 4.78 is 0. The first-order valence-corrected chi connectivity index (χ1v) is 8.35. The summed E-state index contributed by atoms with van der Waals surface area (Å²) in [5.41, 5.74) is 0. The number of anilines is 1. The predicted molar refractivity (Wildman–Crippen MR) is 85.7 cm³/mol. The summed E-state index contributed by atoms with van der Waals surface area (Å²) in [6.07, 6.45) is 8.99. The molecule has 2 aliphatic rings. The van der Waals surface area contributed by atoms with Gasteiger partial charge in [0, 0.05) is 57.6 Å². The minimum atomic E-state index is 0.209. The van der Waals surface area contributed by atoms with E-state index in [0.717, 1.165) is 51.5 Å². The van der Waals surface area contributed by atoms with Gasteiger partial charge in [0.2, 0.25) is 11.9 Å². The third-order valence-corrected chi connectivity index (χ3v) is 4.58. The number of piperazine rings is 1. The molecule has 2 fully saturated rings. The number of hydrogen-bond acceptors (Lipinski definition) is 5. The van der Waals surface area contributed by atoms with E-state index >= 15 is 0 Å². The standard InChI is InChI=1S/C16H25N5O/c22-15(19-14-4-1-2-5-14)6-9-20-10-12-21(13-11-20)16-17-7-3-8-18-16/h3,7-8,14H,1-2,4-6,9-13H2,(H,19,22). The number of nitrogens with one attached hydrogen (secondary N) is 1. The summed E-state index contributed by atoms with van der Waals surface area (Å²) in [6, 6.07) is 2.27. The molecule has 3 rings (SSSR count). The van der Waals surface area contributed by atoms with Crippen molar-refractivity contribution in [1.29, 1.82) is 0 Å². The van der Waals surface area contributed by atoms with E-state index in [9.17, 15) is 4.79 Å². The lowest BCUT2D eigenvalue weighted by Gasteiger charge is -2.34. The Hall–Kier alpha value is -1.69. The first-order chi connectivity index (χ1) is 10.8. The zero-order valence-electron chi connectivity index (χ0n) is 13.1. The van der Waals surface area contributed by atoms with Crippen LogP contribution in [-0.4, -0.2) is 59.5 Å². The Bertz CT molecular complexity index is 467. The highest BCUT2D eigenvalue weighted by Crippen LogP contribution is 2.17. The van der Waals surface area contributed by atoms with E-state index in [1.54, 1.807) is 12.4 Å². The summed E-state index contributed by atoms with van der Waals surface area (Å²) in [7, 11) is 0. The Morgan fingerprint density at radius 2 is 1.82 bits per heavy atom. The first kappa shape index (κ1) is 15.2. The second kappa shape index (κ2) is 7.54. The topological polar surface area (TPSA) is 61.4 Å². The Kier molecular flexibility index (Phi) is 5.21. The Balaban J connectivity index is 1.36. The van der Waals surface area contributed by atoms with Crippen molar-refractivity contribution in [3.05, 3.63) is 18.5 Å². The Morgan fingerprint density at radius 3 is 2.50 bits per heavy atom. The first-order valence-electron chi connectivity index (χ1n) is 8.35. The molecule has 0 unspecified atom stereocenters. The van der Waals surface area contributed by atoms with Crippen molar-refractivity contribution in [1.82, 2.24) is 20.2 Å². The van der Waals surface area contributed by atoms with Gasteiger partial charge in [0.05, 0.1) is 0 Å². The maximum atomic E-state index is 12.0. The lowest BCUT2D eigenvalue weighted by Crippen LogP contribution is -2.48. The van der Waals surface area contributed by atoms with Crippen molar-refractivity contribution >= 4 is 11.9 Å². The van der Waals surface area contributed by atoms with Gasteiger partial charge in [-0.05, 0) is 18.9 Å². The van der Waals surface area contributed by atoms with Gasteiger partial charge in [-0.15, -0.1) is 0 Å². The Morgan fingerprint density at radius 1 is 1.14 bits per heavy atom. The molecule has 1 aliphatic heterocycles. The van der Waals surface area contributed by atoms with Crippen LogP contribution in [0.3, 0.4) is 0 Å². The Labute approximate surface area is 131 Å². The van der Waals surface area contributed by atoms with Gasteiger partial charge in [0.1, 0.15) is 0 Å². The summed E-state index contributed by atoms with van der Waals surface area (Å²) in [4.78, 5) is 25.1. The second-order valence-corrected chi connectivity index (χ2v) is 6.18. The van der Waals surface area contributed by atoms with Crippen molar-refractivity contribution in [3.63, 3.8) is 0 Å². The zero-order chi connectivity index (χ0) is 15.2. The zero-order valence-corrected chi connectivity index (χ0v) is 13.1. The predicted octanol–water partition coefficient (Wildman–Crippen LogP) is 1.05. The number of nitrogens with zero attached hydrogens (tertiary/aromatic N) is 4. The number of rotatable bonds is 5. The summed E-state index contributed by atoms with van der Waals surface area (Å²) in [5, 5.41) is 3.16. The highest BCUT2D eigenvalue weighted by atomic mass is 16.1. The fraction of sp³-hybridized carbons (Fsp3) is 0.688. The highest BCUT2D eigenvalue weighted by Gasteiger charge is 2.20. The van der Waals surface area contributed by atoms with Crippen LogP contribution in [0.1, 0.15) is 32.1 Å². The van der Waals surface area contributed by atoms with E-state index in [2.05, 4.69) is 25.1 Å². The molecule has 2 heterocycles. The molecule has 1 aromatic heterocycles. The SMILES string of the molecule is O=C(CCN1CCN(c2ncccn2)CC1)NC1CCCC1. The van der Waals surface area contributed by atoms with Crippen molar-refractivity contribution in [2.75, 3.05) is 37.6 Å². The molecule has 0 aromatic carbocycles. The molecule has 0 atom stereocenters. The fourth-order valence-corrected chi connectivity index (χ4v) is 3.26. The van der Waals surface area contributed by atoms with Crippen LogP contribution in [0.4, 0.5) is 5.95 Å². The van der Waals surface area contributed by atoms with Gasteiger partial charge in [-0.1, -0.05) is 12.8 Å². The van der Waals surface area contributed by atoms with Crippen molar-refractivity contribution in [3.8, 4) is 0 Å². The smallest absolute Gasteiger partial charge is 0.225 e. The van der Waals surface area contributed by atoms with Crippen LogP contribution in [0.5, 0.6) is 0 Å². The number of amides is 1. The van der Waals surface area contributed by atoms with Crippen LogP contribution in [0.2, 0.25) is 0 Å². The lowest BCUT2D eigenvalue weighted by molar-refractivity contribution is -0.122. The summed E-state index contributed by atoms with van der Waals surface area (Å²) in [6.45, 7) is 4.63. The van der Waals surface area contributed by atoms with Crippen LogP contribution in [0, 0.1) is 0 Å². The summed E-state index contributed by atoms with van der Waals surface area (Å²) in [5.74, 6) is 1.02. The minimum absolute atomic E-state index is 0.209. The van der Waals surface area contributed by atoms with Gasteiger partial charge in [0.15, 0.2) is 0 Å². The molecule has 1 aliphatic carbocycles. The quantitative estimate of drug-likeness (QED) is 0.881. The van der Waals surface area contributed by atoms with Crippen LogP contribution >= 0.6 is 0 Å². The van der Waals surface area contributed by atoms with E-state index in [0.29, 0.717) is 12.5 Å². The molecule has 0 spiro atoms. The van der Waals surface area contributed by atoms with E-state index < -0.39 is 0 Å². The molecule has 1 N–H and O–H groups in total. The second-order valence-electron chi connectivity index (χ2n) is 6.18. The van der Waals surface area contributed by atoms with Gasteiger partial charge in [0.25, 0.3) is 0 Å². The average molecular weight is 303 g/mol. The van der Waals surface area contributed by atoms with Gasteiger partial charge < -0.3 is 10.2 Å². The molecule has 1 amide bonds. The van der Waals surface area contributed by atoms with Crippen LogP contribution in [-0.2, 0) is 4.79 Å². The number of carbonyl (C=O) groups is 1. The number of aromatic nitrogens is 2. The molecule has 6 nitrogen and oxygen atoms in total. The maximum absolute atomic E-state index is 12.0. The normalized spacial score (nSPS) is 20.3. The van der Waals surface area contributed by atoms with E-state index in [4.69, 9.17) is 0 Å². The molecule has 120 valence electrons. The fourth-order valence-electron chi connectivity index (χ4n) is 3.26. The van der Waals surface area contributed by atoms with E-state index in [1.807, 2.05) is 6.07 Å². The monoisotopic (exact) mass is 303 g/mol. The molecule has 6 heteroatoms. The molecule has 0 radical (unpaired) electrons. The molecule has 1 saturated heterocycles. The largest absolute Gasteiger partial charge is 0.353 e. The molecule has 22 heavy (non-hydrogen) atoms. The maximum Gasteiger partial charge on any atom is 0.225 e. The van der Waals surface area contributed by atoms with Gasteiger partial charge in [-0.25, -0.2) is 9.97 Å². The lowest BCUT2D eigenvalue weighted by atomic mass is 10.2. The van der Waals surface area contributed by atoms with E-state index in [-0.39, 0.29) is 5.91 Å². The molecule has 1 aromatic rings. The third kappa shape index (κ3) is 4.16. The highest BCUT2D eigenvalue weighted by molar-refractivity contribution is 5.76. The minimum Gasteiger partial charge on any atom is -0.353 e. The van der Waals surface area contributed by atoms with Crippen molar-refractivity contribution < 1.29 is 4.79 Å². The third-order valence-electron chi connectivity index (χ3n) is 4.58. The van der Waals surface area contributed by atoms with Crippen molar-refractivity contribution in [2.24, 2.45) is 0 Å². The van der Waals surface area contributed by atoms with Gasteiger partial charge in [-0.3, -0.25) is 9.69 Å². The molecular formula is C16H25N5O. The van der Waals surface area contributed by atoms with E-state index in [1.165, 1.54) is 12.8 Å². The van der Waals surface area contributed by atoms with Gasteiger partial charge in [-0.2, -0.15) is 0 Å². The molecular weight excluding hydrogens is 278 g/mol. The van der Waals surface area contributed by atoms with Crippen LogP contribution < -0.4 is 10.2 Å². The van der Waals surface area contributed by atoms with Crippen LogP contribution in [0.15, 0.2) is 18.5 Å². The van der Waals surface area contributed by atoms with Crippen molar-refractivity contribution in [2.45, 2.75) is 38.1 Å².